The fourth-order valence-electron chi connectivity index (χ4n) is 3.60. The largest absolute Gasteiger partial charge is 0.348 e. The van der Waals surface area contributed by atoms with Gasteiger partial charge in [-0.25, -0.2) is 0 Å². The minimum absolute atomic E-state index is 0.0856. The minimum Gasteiger partial charge on any atom is -0.348 e. The first kappa shape index (κ1) is 17.0. The summed E-state index contributed by atoms with van der Waals surface area (Å²) in [5, 5.41) is 6.49. The molecule has 0 bridgehead atoms. The second kappa shape index (κ2) is 8.29. The van der Waals surface area contributed by atoms with Crippen LogP contribution in [0.4, 0.5) is 0 Å². The van der Waals surface area contributed by atoms with Gasteiger partial charge in [-0.3, -0.25) is 9.59 Å². The highest BCUT2D eigenvalue weighted by molar-refractivity contribution is 5.79. The summed E-state index contributed by atoms with van der Waals surface area (Å²) in [6, 6.07) is 9.84. The average molecular weight is 329 g/mol. The monoisotopic (exact) mass is 329 g/mol. The van der Waals surface area contributed by atoms with E-state index in [-0.39, 0.29) is 17.9 Å². The number of hydrogen-bond donors (Lipinski definition) is 2. The summed E-state index contributed by atoms with van der Waals surface area (Å²) < 4.78 is 0. The highest BCUT2D eigenvalue weighted by atomic mass is 16.2. The molecular formula is C19H27N3O2. The van der Waals surface area contributed by atoms with Gasteiger partial charge in [0.25, 0.3) is 0 Å². The Hall–Kier alpha value is -1.88. The first-order valence-corrected chi connectivity index (χ1v) is 9.05. The first-order chi connectivity index (χ1) is 11.7. The first-order valence-electron chi connectivity index (χ1n) is 9.05. The quantitative estimate of drug-likeness (QED) is 0.803. The smallest absolute Gasteiger partial charge is 0.222 e. The summed E-state index contributed by atoms with van der Waals surface area (Å²) in [6.45, 7) is 3.46. The lowest BCUT2D eigenvalue weighted by atomic mass is 10.0. The third-order valence-electron chi connectivity index (χ3n) is 5.05. The molecule has 2 aliphatic rings. The predicted octanol–water partition coefficient (Wildman–Crippen LogP) is 1.86. The van der Waals surface area contributed by atoms with E-state index in [4.69, 9.17) is 0 Å². The van der Waals surface area contributed by atoms with Crippen LogP contribution in [-0.4, -0.2) is 42.9 Å². The lowest BCUT2D eigenvalue weighted by Gasteiger charge is -2.25. The zero-order chi connectivity index (χ0) is 16.8. The third-order valence-corrected chi connectivity index (χ3v) is 5.05. The van der Waals surface area contributed by atoms with Gasteiger partial charge in [0.2, 0.25) is 11.8 Å². The molecule has 0 aromatic heterocycles. The molecule has 5 heteroatoms. The van der Waals surface area contributed by atoms with Gasteiger partial charge in [0, 0.05) is 25.9 Å². The normalized spacial score (nSPS) is 21.9. The molecule has 2 N–H and O–H groups in total. The predicted molar refractivity (Wildman–Crippen MR) is 93.4 cm³/mol. The number of carbonyl (C=O) groups is 2. The minimum atomic E-state index is -0.123. The molecule has 1 aromatic rings. The van der Waals surface area contributed by atoms with Crippen LogP contribution in [0, 0.1) is 5.92 Å². The van der Waals surface area contributed by atoms with E-state index < -0.39 is 0 Å². The summed E-state index contributed by atoms with van der Waals surface area (Å²) in [6.07, 6.45) is 4.21. The number of amides is 2. The molecule has 0 radical (unpaired) electrons. The van der Waals surface area contributed by atoms with Crippen LogP contribution in [0.1, 0.15) is 43.7 Å². The lowest BCUT2D eigenvalue weighted by Crippen LogP contribution is -2.38. The molecule has 2 unspecified atom stereocenters. The van der Waals surface area contributed by atoms with Crippen LogP contribution in [0.25, 0.3) is 0 Å². The Kier molecular flexibility index (Phi) is 5.86. The molecule has 0 aliphatic carbocycles. The Balaban J connectivity index is 1.58. The second-order valence-corrected chi connectivity index (χ2v) is 6.87. The summed E-state index contributed by atoms with van der Waals surface area (Å²) in [4.78, 5) is 26.2. The molecule has 24 heavy (non-hydrogen) atoms. The van der Waals surface area contributed by atoms with Crippen LogP contribution in [0.15, 0.2) is 30.3 Å². The zero-order valence-corrected chi connectivity index (χ0v) is 14.2. The highest BCUT2D eigenvalue weighted by Gasteiger charge is 2.25. The Morgan fingerprint density at radius 1 is 1.33 bits per heavy atom. The SMILES string of the molecule is O=C(CCC1CCNC1)NC(CN1CCCC1=O)c1ccccc1. The molecule has 5 nitrogen and oxygen atoms in total. The van der Waals surface area contributed by atoms with Crippen LogP contribution in [0.3, 0.4) is 0 Å². The van der Waals surface area contributed by atoms with Gasteiger partial charge in [0.15, 0.2) is 0 Å². The van der Waals surface area contributed by atoms with Gasteiger partial charge >= 0.3 is 0 Å². The molecule has 2 fully saturated rings. The number of carbonyl (C=O) groups excluding carboxylic acids is 2. The van der Waals surface area contributed by atoms with Crippen molar-refractivity contribution in [1.29, 1.82) is 0 Å². The third kappa shape index (κ3) is 4.57. The molecule has 0 spiro atoms. The van der Waals surface area contributed by atoms with Crippen molar-refractivity contribution in [2.24, 2.45) is 5.92 Å². The molecule has 2 atom stereocenters. The van der Waals surface area contributed by atoms with Gasteiger partial charge in [0.05, 0.1) is 6.04 Å². The number of benzene rings is 1. The average Bonchev–Trinajstić information content (AvgIpc) is 3.25. The summed E-state index contributed by atoms with van der Waals surface area (Å²) >= 11 is 0. The number of likely N-dealkylation sites (tertiary alicyclic amines) is 1. The van der Waals surface area contributed by atoms with E-state index in [0.29, 0.717) is 25.3 Å². The van der Waals surface area contributed by atoms with Crippen molar-refractivity contribution < 1.29 is 9.59 Å². The van der Waals surface area contributed by atoms with E-state index in [2.05, 4.69) is 10.6 Å². The maximum absolute atomic E-state index is 12.4. The van der Waals surface area contributed by atoms with Crippen molar-refractivity contribution in [3.8, 4) is 0 Å². The molecule has 3 rings (SSSR count). The van der Waals surface area contributed by atoms with E-state index in [0.717, 1.165) is 44.5 Å². The topological polar surface area (TPSA) is 61.4 Å². The van der Waals surface area contributed by atoms with Crippen LogP contribution in [-0.2, 0) is 9.59 Å². The van der Waals surface area contributed by atoms with Gasteiger partial charge in [0.1, 0.15) is 0 Å². The van der Waals surface area contributed by atoms with Crippen molar-refractivity contribution in [3.05, 3.63) is 35.9 Å². The molecule has 130 valence electrons. The van der Waals surface area contributed by atoms with Crippen molar-refractivity contribution >= 4 is 11.8 Å². The van der Waals surface area contributed by atoms with E-state index >= 15 is 0 Å². The Labute approximate surface area is 143 Å². The van der Waals surface area contributed by atoms with E-state index in [1.165, 1.54) is 0 Å². The number of nitrogens with one attached hydrogen (secondary N) is 2. The molecule has 1 aromatic carbocycles. The Morgan fingerprint density at radius 3 is 2.83 bits per heavy atom. The number of hydrogen-bond acceptors (Lipinski definition) is 3. The summed E-state index contributed by atoms with van der Waals surface area (Å²) in [5.74, 6) is 0.899. The summed E-state index contributed by atoms with van der Waals surface area (Å²) in [5.41, 5.74) is 1.06. The van der Waals surface area contributed by atoms with E-state index in [1.54, 1.807) is 0 Å². The Bertz CT molecular complexity index is 555. The molecular weight excluding hydrogens is 302 g/mol. The standard InChI is InChI=1S/C19H27N3O2/c23-18(9-8-15-10-11-20-13-15)21-17(16-5-2-1-3-6-16)14-22-12-4-7-19(22)24/h1-3,5-6,15,17,20H,4,7-14H2,(H,21,23). The lowest BCUT2D eigenvalue weighted by molar-refractivity contribution is -0.129. The van der Waals surface area contributed by atoms with Gasteiger partial charge in [-0.2, -0.15) is 0 Å². The molecule has 0 saturated carbocycles. The van der Waals surface area contributed by atoms with Crippen LogP contribution < -0.4 is 10.6 Å². The van der Waals surface area contributed by atoms with Gasteiger partial charge in [-0.05, 0) is 43.8 Å². The molecule has 2 amide bonds. The highest BCUT2D eigenvalue weighted by Crippen LogP contribution is 2.20. The van der Waals surface area contributed by atoms with E-state index in [1.807, 2.05) is 35.2 Å². The second-order valence-electron chi connectivity index (χ2n) is 6.87. The molecule has 2 aliphatic heterocycles. The van der Waals surface area contributed by atoms with Crippen LogP contribution in [0.2, 0.25) is 0 Å². The van der Waals surface area contributed by atoms with Crippen molar-refractivity contribution in [1.82, 2.24) is 15.5 Å². The summed E-state index contributed by atoms with van der Waals surface area (Å²) in [7, 11) is 0. The molecule has 2 heterocycles. The Morgan fingerprint density at radius 2 is 2.17 bits per heavy atom. The van der Waals surface area contributed by atoms with Gasteiger partial charge < -0.3 is 15.5 Å². The van der Waals surface area contributed by atoms with Crippen molar-refractivity contribution in [2.45, 2.75) is 38.1 Å². The van der Waals surface area contributed by atoms with Gasteiger partial charge in [-0.15, -0.1) is 0 Å². The number of rotatable bonds is 7. The fourth-order valence-corrected chi connectivity index (χ4v) is 3.60. The van der Waals surface area contributed by atoms with Crippen molar-refractivity contribution in [2.75, 3.05) is 26.2 Å². The zero-order valence-electron chi connectivity index (χ0n) is 14.2. The van der Waals surface area contributed by atoms with Gasteiger partial charge in [-0.1, -0.05) is 30.3 Å². The maximum Gasteiger partial charge on any atom is 0.222 e. The molecule has 2 saturated heterocycles. The number of nitrogens with zero attached hydrogens (tertiary/aromatic N) is 1. The van der Waals surface area contributed by atoms with Crippen LogP contribution >= 0.6 is 0 Å². The van der Waals surface area contributed by atoms with Crippen molar-refractivity contribution in [3.63, 3.8) is 0 Å². The fraction of sp³-hybridized carbons (Fsp3) is 0.579. The van der Waals surface area contributed by atoms with Crippen LogP contribution in [0.5, 0.6) is 0 Å². The van der Waals surface area contributed by atoms with E-state index in [9.17, 15) is 9.59 Å². The maximum atomic E-state index is 12.4.